The van der Waals surface area contributed by atoms with Crippen LogP contribution in [0.1, 0.15) is 13.3 Å². The van der Waals surface area contributed by atoms with Gasteiger partial charge in [-0.25, -0.2) is 0 Å². The standard InChI is InChI=1S/C23H26N4O5/c1-16-12-20(28)25-18-10-6-7-11-19(18)27(16)23(31)14-26(2)22(30)13-24-21(29)15-32-17-8-4-3-5-9-17/h3-11,16H,12-15H2,1-2H3,(H,24,29)(H,25,28). The first-order valence-electron chi connectivity index (χ1n) is 10.2. The summed E-state index contributed by atoms with van der Waals surface area (Å²) in [7, 11) is 1.49. The minimum atomic E-state index is -0.443. The van der Waals surface area contributed by atoms with Gasteiger partial charge in [0, 0.05) is 19.5 Å². The van der Waals surface area contributed by atoms with Gasteiger partial charge in [0.15, 0.2) is 6.61 Å². The zero-order chi connectivity index (χ0) is 23.1. The van der Waals surface area contributed by atoms with E-state index in [0.717, 1.165) is 0 Å². The zero-order valence-electron chi connectivity index (χ0n) is 18.0. The summed E-state index contributed by atoms with van der Waals surface area (Å²) in [6, 6.07) is 15.5. The first kappa shape index (κ1) is 22.8. The Balaban J connectivity index is 1.53. The molecule has 0 aliphatic carbocycles. The second-order valence-corrected chi connectivity index (χ2v) is 7.51. The fourth-order valence-corrected chi connectivity index (χ4v) is 3.36. The smallest absolute Gasteiger partial charge is 0.258 e. The topological polar surface area (TPSA) is 108 Å². The molecule has 1 aliphatic rings. The van der Waals surface area contributed by atoms with Crippen LogP contribution in [0, 0.1) is 0 Å². The molecule has 1 unspecified atom stereocenters. The number of rotatable bonds is 7. The third-order valence-electron chi connectivity index (χ3n) is 4.98. The molecule has 1 atom stereocenters. The van der Waals surface area contributed by atoms with Gasteiger partial charge in [-0.05, 0) is 31.2 Å². The van der Waals surface area contributed by atoms with Crippen molar-refractivity contribution >= 4 is 35.0 Å². The quantitative estimate of drug-likeness (QED) is 0.680. The van der Waals surface area contributed by atoms with Crippen molar-refractivity contribution in [2.24, 2.45) is 0 Å². The molecule has 0 saturated carbocycles. The monoisotopic (exact) mass is 438 g/mol. The lowest BCUT2D eigenvalue weighted by Crippen LogP contribution is -2.47. The number of nitrogens with zero attached hydrogens (tertiary/aromatic N) is 2. The van der Waals surface area contributed by atoms with Crippen LogP contribution >= 0.6 is 0 Å². The summed E-state index contributed by atoms with van der Waals surface area (Å²) in [6.45, 7) is 1.12. The van der Waals surface area contributed by atoms with Crippen molar-refractivity contribution in [3.05, 3.63) is 54.6 Å². The van der Waals surface area contributed by atoms with Crippen molar-refractivity contribution in [2.45, 2.75) is 19.4 Å². The number of anilines is 2. The largest absolute Gasteiger partial charge is 0.484 e. The van der Waals surface area contributed by atoms with Crippen molar-refractivity contribution in [1.29, 1.82) is 0 Å². The van der Waals surface area contributed by atoms with Crippen LogP contribution in [0.5, 0.6) is 5.75 Å². The fourth-order valence-electron chi connectivity index (χ4n) is 3.36. The summed E-state index contributed by atoms with van der Waals surface area (Å²) < 4.78 is 5.34. The summed E-state index contributed by atoms with van der Waals surface area (Å²) >= 11 is 0. The van der Waals surface area contributed by atoms with E-state index in [1.807, 2.05) is 6.07 Å². The first-order chi connectivity index (χ1) is 15.3. The van der Waals surface area contributed by atoms with Crippen LogP contribution in [0.15, 0.2) is 54.6 Å². The summed E-state index contributed by atoms with van der Waals surface area (Å²) in [5.41, 5.74) is 1.14. The van der Waals surface area contributed by atoms with Crippen molar-refractivity contribution in [3.8, 4) is 5.75 Å². The molecule has 1 aliphatic heterocycles. The average molecular weight is 438 g/mol. The SMILES string of the molecule is CC1CC(=O)Nc2ccccc2N1C(=O)CN(C)C(=O)CNC(=O)COc1ccccc1. The van der Waals surface area contributed by atoms with Crippen LogP contribution in [0.3, 0.4) is 0 Å². The molecular weight excluding hydrogens is 412 g/mol. The number of ether oxygens (including phenoxy) is 1. The molecule has 9 heteroatoms. The zero-order valence-corrected chi connectivity index (χ0v) is 18.0. The number of hydrogen-bond acceptors (Lipinski definition) is 5. The van der Waals surface area contributed by atoms with E-state index in [1.54, 1.807) is 55.5 Å². The number of nitrogens with one attached hydrogen (secondary N) is 2. The molecule has 1 heterocycles. The average Bonchev–Trinajstić information content (AvgIpc) is 2.90. The summed E-state index contributed by atoms with van der Waals surface area (Å²) in [5.74, 6) is -0.810. The molecule has 32 heavy (non-hydrogen) atoms. The summed E-state index contributed by atoms with van der Waals surface area (Å²) in [5, 5.41) is 5.29. The number of carbonyl (C=O) groups excluding carboxylic acids is 4. The fraction of sp³-hybridized carbons (Fsp3) is 0.304. The minimum Gasteiger partial charge on any atom is -0.484 e. The van der Waals surface area contributed by atoms with Crippen molar-refractivity contribution < 1.29 is 23.9 Å². The van der Waals surface area contributed by atoms with Gasteiger partial charge in [0.05, 0.1) is 24.5 Å². The van der Waals surface area contributed by atoms with Gasteiger partial charge in [-0.15, -0.1) is 0 Å². The maximum atomic E-state index is 13.0. The van der Waals surface area contributed by atoms with Crippen LogP contribution in [-0.2, 0) is 19.2 Å². The maximum absolute atomic E-state index is 13.0. The predicted octanol–water partition coefficient (Wildman–Crippen LogP) is 1.40. The highest BCUT2D eigenvalue weighted by Gasteiger charge is 2.30. The Labute approximate surface area is 186 Å². The van der Waals surface area contributed by atoms with Crippen molar-refractivity contribution in [2.75, 3.05) is 37.0 Å². The summed E-state index contributed by atoms with van der Waals surface area (Å²) in [4.78, 5) is 52.3. The number of benzene rings is 2. The molecule has 2 aromatic carbocycles. The second-order valence-electron chi connectivity index (χ2n) is 7.51. The number of amides is 4. The Morgan fingerprint density at radius 1 is 1.12 bits per heavy atom. The van der Waals surface area contributed by atoms with Gasteiger partial charge in [-0.2, -0.15) is 0 Å². The van der Waals surface area contributed by atoms with Crippen molar-refractivity contribution in [3.63, 3.8) is 0 Å². The molecule has 0 fully saturated rings. The molecule has 4 amide bonds. The van der Waals surface area contributed by atoms with Gasteiger partial charge < -0.3 is 25.2 Å². The van der Waals surface area contributed by atoms with Crippen LogP contribution in [0.25, 0.3) is 0 Å². The second kappa shape index (κ2) is 10.4. The Morgan fingerprint density at radius 3 is 2.56 bits per heavy atom. The third kappa shape index (κ3) is 5.84. The van der Waals surface area contributed by atoms with Gasteiger partial charge in [0.25, 0.3) is 5.91 Å². The molecule has 0 radical (unpaired) electrons. The van der Waals surface area contributed by atoms with E-state index in [-0.39, 0.29) is 44.0 Å². The Morgan fingerprint density at radius 2 is 1.81 bits per heavy atom. The van der Waals surface area contributed by atoms with Crippen LogP contribution in [-0.4, -0.2) is 61.3 Å². The van der Waals surface area contributed by atoms with Gasteiger partial charge in [-0.3, -0.25) is 19.2 Å². The highest BCUT2D eigenvalue weighted by molar-refractivity contribution is 6.05. The number of fused-ring (bicyclic) bond motifs is 1. The van der Waals surface area contributed by atoms with Crippen LogP contribution in [0.4, 0.5) is 11.4 Å². The number of hydrogen-bond donors (Lipinski definition) is 2. The van der Waals surface area contributed by atoms with Gasteiger partial charge in [-0.1, -0.05) is 30.3 Å². The highest BCUT2D eigenvalue weighted by Crippen LogP contribution is 2.31. The van der Waals surface area contributed by atoms with E-state index in [0.29, 0.717) is 17.1 Å². The Bertz CT molecular complexity index is 995. The molecule has 0 spiro atoms. The van der Waals surface area contributed by atoms with Crippen LogP contribution in [0.2, 0.25) is 0 Å². The molecular formula is C23H26N4O5. The Kier molecular flexibility index (Phi) is 7.43. The molecule has 168 valence electrons. The molecule has 0 saturated heterocycles. The molecule has 0 aromatic heterocycles. The Hall–Kier alpha value is -3.88. The number of likely N-dealkylation sites (N-methyl/N-ethyl adjacent to an activating group) is 1. The molecule has 2 aromatic rings. The minimum absolute atomic E-state index is 0.148. The highest BCUT2D eigenvalue weighted by atomic mass is 16.5. The lowest BCUT2D eigenvalue weighted by atomic mass is 10.1. The van der Waals surface area contributed by atoms with Crippen LogP contribution < -0.4 is 20.3 Å². The maximum Gasteiger partial charge on any atom is 0.258 e. The van der Waals surface area contributed by atoms with E-state index in [9.17, 15) is 19.2 Å². The van der Waals surface area contributed by atoms with Gasteiger partial charge in [0.1, 0.15) is 5.75 Å². The molecule has 3 rings (SSSR count). The third-order valence-corrected chi connectivity index (χ3v) is 4.98. The van der Waals surface area contributed by atoms with Gasteiger partial charge in [0.2, 0.25) is 17.7 Å². The van der Waals surface area contributed by atoms with Crippen molar-refractivity contribution in [1.82, 2.24) is 10.2 Å². The van der Waals surface area contributed by atoms with E-state index < -0.39 is 11.8 Å². The molecule has 0 bridgehead atoms. The van der Waals surface area contributed by atoms with E-state index in [4.69, 9.17) is 4.74 Å². The van der Waals surface area contributed by atoms with E-state index in [1.165, 1.54) is 16.8 Å². The number of carbonyl (C=O) groups is 4. The van der Waals surface area contributed by atoms with E-state index >= 15 is 0 Å². The molecule has 2 N–H and O–H groups in total. The predicted molar refractivity (Wildman–Crippen MR) is 119 cm³/mol. The lowest BCUT2D eigenvalue weighted by Gasteiger charge is -2.29. The van der Waals surface area contributed by atoms with E-state index in [2.05, 4.69) is 10.6 Å². The lowest BCUT2D eigenvalue weighted by molar-refractivity contribution is -0.135. The molecule has 9 nitrogen and oxygen atoms in total. The normalized spacial score (nSPS) is 15.1. The van der Waals surface area contributed by atoms with Gasteiger partial charge >= 0.3 is 0 Å². The summed E-state index contributed by atoms with van der Waals surface area (Å²) in [6.07, 6.45) is 0.148. The first-order valence-corrected chi connectivity index (χ1v) is 10.2. The number of para-hydroxylation sites is 3.